The molecule has 0 amide bonds. The predicted octanol–water partition coefficient (Wildman–Crippen LogP) is 3.62. The molecule has 0 saturated heterocycles. The number of anilines is 2. The second kappa shape index (κ2) is 5.80. The van der Waals surface area contributed by atoms with Crippen LogP contribution in [0, 0.1) is 11.6 Å². The van der Waals surface area contributed by atoms with E-state index in [1.807, 2.05) is 6.92 Å². The number of aliphatic hydroxyl groups excluding tert-OH is 1. The summed E-state index contributed by atoms with van der Waals surface area (Å²) in [7, 11) is 0. The minimum atomic E-state index is -0.405. The van der Waals surface area contributed by atoms with Crippen LogP contribution in [0.5, 0.6) is 0 Å². The molecular weight excluding hydrogens is 248 g/mol. The average molecular weight is 263 g/mol. The maximum Gasteiger partial charge on any atom is 0.147 e. The van der Waals surface area contributed by atoms with Crippen molar-refractivity contribution in [3.05, 3.63) is 59.7 Å². The van der Waals surface area contributed by atoms with Gasteiger partial charge in [0.05, 0.1) is 12.3 Å². The zero-order valence-corrected chi connectivity index (χ0v) is 10.6. The molecule has 0 aromatic heterocycles. The highest BCUT2D eigenvalue weighted by molar-refractivity contribution is 5.63. The number of rotatable bonds is 4. The Hall–Kier alpha value is -1.94. The van der Waals surface area contributed by atoms with E-state index in [-0.39, 0.29) is 12.4 Å². The molecular formula is C15H15F2NO. The summed E-state index contributed by atoms with van der Waals surface area (Å²) in [5.41, 5.74) is 1.65. The number of hydrogen-bond donors (Lipinski definition) is 1. The topological polar surface area (TPSA) is 23.5 Å². The molecule has 2 aromatic rings. The van der Waals surface area contributed by atoms with Gasteiger partial charge < -0.3 is 10.0 Å². The molecule has 0 aliphatic heterocycles. The molecule has 2 rings (SSSR count). The molecule has 4 heteroatoms. The predicted molar refractivity (Wildman–Crippen MR) is 71.4 cm³/mol. The maximum atomic E-state index is 14.0. The van der Waals surface area contributed by atoms with E-state index in [0.29, 0.717) is 17.8 Å². The van der Waals surface area contributed by atoms with Gasteiger partial charge in [-0.2, -0.15) is 0 Å². The highest BCUT2D eigenvalue weighted by Crippen LogP contribution is 2.28. The molecule has 19 heavy (non-hydrogen) atoms. The summed E-state index contributed by atoms with van der Waals surface area (Å²) in [6, 6.07) is 10.5. The van der Waals surface area contributed by atoms with Crippen LogP contribution in [0.3, 0.4) is 0 Å². The molecule has 0 bridgehead atoms. The Balaban J connectivity index is 2.39. The van der Waals surface area contributed by atoms with Crippen molar-refractivity contribution in [3.63, 3.8) is 0 Å². The van der Waals surface area contributed by atoms with Gasteiger partial charge in [0.25, 0.3) is 0 Å². The van der Waals surface area contributed by atoms with Crippen LogP contribution in [-0.2, 0) is 6.61 Å². The summed E-state index contributed by atoms with van der Waals surface area (Å²) < 4.78 is 26.9. The fourth-order valence-corrected chi connectivity index (χ4v) is 1.98. The molecule has 0 fully saturated rings. The van der Waals surface area contributed by atoms with Crippen LogP contribution < -0.4 is 4.90 Å². The first kappa shape index (κ1) is 13.5. The minimum absolute atomic E-state index is 0.195. The van der Waals surface area contributed by atoms with Gasteiger partial charge in [0.15, 0.2) is 0 Å². The lowest BCUT2D eigenvalue weighted by Crippen LogP contribution is -2.17. The summed E-state index contributed by atoms with van der Waals surface area (Å²) >= 11 is 0. The third kappa shape index (κ3) is 2.90. The number of aliphatic hydroxyl groups is 1. The molecule has 100 valence electrons. The Morgan fingerprint density at radius 2 is 1.74 bits per heavy atom. The van der Waals surface area contributed by atoms with E-state index in [0.717, 1.165) is 5.69 Å². The van der Waals surface area contributed by atoms with Crippen LogP contribution in [0.4, 0.5) is 20.2 Å². The van der Waals surface area contributed by atoms with E-state index in [1.54, 1.807) is 29.2 Å². The summed E-state index contributed by atoms with van der Waals surface area (Å²) in [6.07, 6.45) is 0. The summed E-state index contributed by atoms with van der Waals surface area (Å²) in [4.78, 5) is 1.75. The van der Waals surface area contributed by atoms with Crippen LogP contribution in [0.15, 0.2) is 42.5 Å². The summed E-state index contributed by atoms with van der Waals surface area (Å²) in [5, 5.41) is 8.97. The molecule has 0 saturated carbocycles. The monoisotopic (exact) mass is 263 g/mol. The molecule has 0 heterocycles. The second-order valence-corrected chi connectivity index (χ2v) is 4.16. The van der Waals surface area contributed by atoms with Crippen molar-refractivity contribution in [2.24, 2.45) is 0 Å². The van der Waals surface area contributed by atoms with E-state index < -0.39 is 5.82 Å². The zero-order chi connectivity index (χ0) is 13.8. The Bertz CT molecular complexity index is 555. The number of hydrogen-bond acceptors (Lipinski definition) is 2. The van der Waals surface area contributed by atoms with Crippen molar-refractivity contribution >= 4 is 11.4 Å². The van der Waals surface area contributed by atoms with Gasteiger partial charge in [-0.05, 0) is 48.9 Å². The van der Waals surface area contributed by atoms with E-state index in [4.69, 9.17) is 5.11 Å². The van der Waals surface area contributed by atoms with Crippen molar-refractivity contribution in [1.29, 1.82) is 0 Å². The third-order valence-corrected chi connectivity index (χ3v) is 2.94. The summed E-state index contributed by atoms with van der Waals surface area (Å²) in [6.45, 7) is 2.25. The molecule has 0 atom stereocenters. The van der Waals surface area contributed by atoms with Crippen molar-refractivity contribution in [3.8, 4) is 0 Å². The number of halogens is 2. The SMILES string of the molecule is CCN(c1ccc(F)cc1)c1ccc(CO)cc1F. The van der Waals surface area contributed by atoms with Crippen molar-refractivity contribution in [1.82, 2.24) is 0 Å². The van der Waals surface area contributed by atoms with Crippen LogP contribution in [-0.4, -0.2) is 11.7 Å². The first-order chi connectivity index (χ1) is 9.15. The molecule has 0 unspecified atom stereocenters. The normalized spacial score (nSPS) is 10.5. The lowest BCUT2D eigenvalue weighted by molar-refractivity contribution is 0.281. The quantitative estimate of drug-likeness (QED) is 0.910. The van der Waals surface area contributed by atoms with Crippen LogP contribution in [0.2, 0.25) is 0 Å². The standard InChI is InChI=1S/C15H15F2NO/c1-2-18(13-6-4-12(16)5-7-13)15-8-3-11(10-19)9-14(15)17/h3-9,19H,2,10H2,1H3. The molecule has 0 radical (unpaired) electrons. The number of nitrogens with zero attached hydrogens (tertiary/aromatic N) is 1. The van der Waals surface area contributed by atoms with Crippen molar-refractivity contribution in [2.45, 2.75) is 13.5 Å². The van der Waals surface area contributed by atoms with E-state index in [2.05, 4.69) is 0 Å². The van der Waals surface area contributed by atoms with Crippen LogP contribution >= 0.6 is 0 Å². The van der Waals surface area contributed by atoms with E-state index in [9.17, 15) is 8.78 Å². The van der Waals surface area contributed by atoms with E-state index in [1.165, 1.54) is 18.2 Å². The zero-order valence-electron chi connectivity index (χ0n) is 10.6. The van der Waals surface area contributed by atoms with Gasteiger partial charge in [-0.15, -0.1) is 0 Å². The molecule has 0 aliphatic rings. The Morgan fingerprint density at radius 3 is 2.26 bits per heavy atom. The highest BCUT2D eigenvalue weighted by atomic mass is 19.1. The van der Waals surface area contributed by atoms with Gasteiger partial charge in [-0.3, -0.25) is 0 Å². The highest BCUT2D eigenvalue weighted by Gasteiger charge is 2.12. The first-order valence-corrected chi connectivity index (χ1v) is 6.08. The van der Waals surface area contributed by atoms with Crippen molar-refractivity contribution in [2.75, 3.05) is 11.4 Å². The largest absolute Gasteiger partial charge is 0.392 e. The van der Waals surface area contributed by atoms with Crippen molar-refractivity contribution < 1.29 is 13.9 Å². The van der Waals surface area contributed by atoms with Crippen LogP contribution in [0.25, 0.3) is 0 Å². The van der Waals surface area contributed by atoms with Gasteiger partial charge in [-0.1, -0.05) is 6.07 Å². The molecule has 2 aromatic carbocycles. The number of benzene rings is 2. The Morgan fingerprint density at radius 1 is 1.05 bits per heavy atom. The van der Waals surface area contributed by atoms with Gasteiger partial charge in [-0.25, -0.2) is 8.78 Å². The first-order valence-electron chi connectivity index (χ1n) is 6.08. The fourth-order valence-electron chi connectivity index (χ4n) is 1.98. The summed E-state index contributed by atoms with van der Waals surface area (Å²) in [5.74, 6) is -0.728. The minimum Gasteiger partial charge on any atom is -0.392 e. The fraction of sp³-hybridized carbons (Fsp3) is 0.200. The van der Waals surface area contributed by atoms with Gasteiger partial charge in [0, 0.05) is 12.2 Å². The van der Waals surface area contributed by atoms with Gasteiger partial charge in [0.1, 0.15) is 11.6 Å². The molecule has 1 N–H and O–H groups in total. The van der Waals surface area contributed by atoms with Gasteiger partial charge >= 0.3 is 0 Å². The average Bonchev–Trinajstić information content (AvgIpc) is 2.43. The van der Waals surface area contributed by atoms with E-state index >= 15 is 0 Å². The third-order valence-electron chi connectivity index (χ3n) is 2.94. The molecule has 0 aliphatic carbocycles. The Kier molecular flexibility index (Phi) is 4.12. The lowest BCUT2D eigenvalue weighted by atomic mass is 10.1. The molecule has 2 nitrogen and oxygen atoms in total. The molecule has 0 spiro atoms. The lowest BCUT2D eigenvalue weighted by Gasteiger charge is -2.24. The second-order valence-electron chi connectivity index (χ2n) is 4.16. The maximum absolute atomic E-state index is 14.0. The van der Waals surface area contributed by atoms with Gasteiger partial charge in [0.2, 0.25) is 0 Å². The van der Waals surface area contributed by atoms with Crippen LogP contribution in [0.1, 0.15) is 12.5 Å². The Labute approximate surface area is 110 Å². The smallest absolute Gasteiger partial charge is 0.147 e.